The van der Waals surface area contributed by atoms with Crippen LogP contribution in [-0.4, -0.2) is 45.6 Å². The van der Waals surface area contributed by atoms with E-state index in [4.69, 9.17) is 0 Å². The minimum Gasteiger partial charge on any atom is -0.349 e. The fourth-order valence-electron chi connectivity index (χ4n) is 3.95. The summed E-state index contributed by atoms with van der Waals surface area (Å²) in [6.45, 7) is 4.79. The lowest BCUT2D eigenvalue weighted by molar-refractivity contribution is 0.0691. The maximum atomic E-state index is 13.3. The third kappa shape index (κ3) is 4.21. The van der Waals surface area contributed by atoms with E-state index in [-0.39, 0.29) is 29.5 Å². The van der Waals surface area contributed by atoms with Gasteiger partial charge in [-0.15, -0.1) is 0 Å². The zero-order valence-electron chi connectivity index (χ0n) is 17.7. The van der Waals surface area contributed by atoms with E-state index in [1.807, 2.05) is 38.1 Å². The van der Waals surface area contributed by atoms with Crippen molar-refractivity contribution < 1.29 is 9.59 Å². The Morgan fingerprint density at radius 1 is 0.968 bits per heavy atom. The highest BCUT2D eigenvalue weighted by molar-refractivity contribution is 6.04. The van der Waals surface area contributed by atoms with Gasteiger partial charge in [0, 0.05) is 30.1 Å². The molecular formula is C24H26N4O3. The second kappa shape index (κ2) is 8.71. The predicted molar refractivity (Wildman–Crippen MR) is 119 cm³/mol. The number of nitrogens with one attached hydrogen (secondary N) is 1. The number of carbonyl (C=O) groups is 2. The van der Waals surface area contributed by atoms with E-state index in [9.17, 15) is 14.4 Å². The van der Waals surface area contributed by atoms with Crippen molar-refractivity contribution in [3.05, 3.63) is 76.2 Å². The van der Waals surface area contributed by atoms with Crippen LogP contribution in [0.2, 0.25) is 0 Å². The maximum Gasteiger partial charge on any atom is 0.274 e. The number of amides is 2. The van der Waals surface area contributed by atoms with Crippen LogP contribution in [0.3, 0.4) is 0 Å². The smallest absolute Gasteiger partial charge is 0.274 e. The van der Waals surface area contributed by atoms with Crippen molar-refractivity contribution in [3.8, 4) is 0 Å². The quantitative estimate of drug-likeness (QED) is 0.706. The largest absolute Gasteiger partial charge is 0.349 e. The minimum atomic E-state index is -0.190. The first-order valence-electron chi connectivity index (χ1n) is 10.6. The van der Waals surface area contributed by atoms with Crippen LogP contribution in [-0.2, 0) is 0 Å². The number of benzene rings is 2. The first-order valence-corrected chi connectivity index (χ1v) is 10.6. The number of rotatable bonds is 4. The third-order valence-electron chi connectivity index (χ3n) is 5.67. The molecule has 1 aromatic heterocycles. The van der Waals surface area contributed by atoms with E-state index in [0.717, 1.165) is 0 Å². The molecule has 0 aliphatic carbocycles. The molecular weight excluding hydrogens is 392 g/mol. The molecule has 1 saturated heterocycles. The van der Waals surface area contributed by atoms with Crippen LogP contribution in [0.5, 0.6) is 0 Å². The Bertz CT molecular complexity index is 1160. The molecule has 31 heavy (non-hydrogen) atoms. The summed E-state index contributed by atoms with van der Waals surface area (Å²) in [6.07, 6.45) is 1.35. The number of nitrogens with zero attached hydrogens (tertiary/aromatic N) is 3. The molecule has 0 atom stereocenters. The topological polar surface area (TPSA) is 84.3 Å². The zero-order chi connectivity index (χ0) is 22.0. The number of carbonyl (C=O) groups excluding carboxylic acids is 2. The van der Waals surface area contributed by atoms with E-state index in [2.05, 4.69) is 10.4 Å². The van der Waals surface area contributed by atoms with Gasteiger partial charge >= 0.3 is 0 Å². The van der Waals surface area contributed by atoms with Crippen LogP contribution >= 0.6 is 0 Å². The second-order valence-corrected chi connectivity index (χ2v) is 8.14. The van der Waals surface area contributed by atoms with Crippen molar-refractivity contribution in [2.75, 3.05) is 13.1 Å². The molecule has 7 nitrogen and oxygen atoms in total. The lowest BCUT2D eigenvalue weighted by Gasteiger charge is -2.32. The van der Waals surface area contributed by atoms with Crippen LogP contribution < -0.4 is 10.9 Å². The van der Waals surface area contributed by atoms with E-state index in [0.29, 0.717) is 48.0 Å². The van der Waals surface area contributed by atoms with Crippen molar-refractivity contribution in [1.82, 2.24) is 20.0 Å². The Hall–Kier alpha value is -3.48. The number of piperidine rings is 1. The minimum absolute atomic E-state index is 0.0195. The summed E-state index contributed by atoms with van der Waals surface area (Å²) in [5.74, 6) is -0.277. The van der Waals surface area contributed by atoms with Gasteiger partial charge in [-0.1, -0.05) is 36.4 Å². The van der Waals surface area contributed by atoms with Gasteiger partial charge in [-0.3, -0.25) is 14.4 Å². The molecule has 0 radical (unpaired) electrons. The monoisotopic (exact) mass is 418 g/mol. The van der Waals surface area contributed by atoms with E-state index < -0.39 is 0 Å². The van der Waals surface area contributed by atoms with Crippen molar-refractivity contribution in [2.45, 2.75) is 38.8 Å². The second-order valence-electron chi connectivity index (χ2n) is 8.14. The van der Waals surface area contributed by atoms with Crippen LogP contribution in [0.25, 0.3) is 10.8 Å². The molecule has 2 amide bonds. The Labute approximate surface area is 180 Å². The van der Waals surface area contributed by atoms with Crippen LogP contribution in [0, 0.1) is 0 Å². The van der Waals surface area contributed by atoms with Gasteiger partial charge in [0.15, 0.2) is 5.69 Å². The first-order chi connectivity index (χ1) is 15.0. The number of fused-ring (bicyclic) bond motifs is 1. The molecule has 1 N–H and O–H groups in total. The number of hydrogen-bond donors (Lipinski definition) is 1. The summed E-state index contributed by atoms with van der Waals surface area (Å²) in [7, 11) is 0. The molecule has 3 aromatic rings. The zero-order valence-corrected chi connectivity index (χ0v) is 17.7. The Kier molecular flexibility index (Phi) is 5.84. The first kappa shape index (κ1) is 20.8. The van der Waals surface area contributed by atoms with Crippen LogP contribution in [0.1, 0.15) is 53.6 Å². The highest BCUT2D eigenvalue weighted by Crippen LogP contribution is 2.19. The molecule has 0 bridgehead atoms. The molecule has 0 spiro atoms. The molecule has 1 fully saturated rings. The normalized spacial score (nSPS) is 14.7. The summed E-state index contributed by atoms with van der Waals surface area (Å²) in [4.78, 5) is 40.2. The Balaban J connectivity index is 1.50. The van der Waals surface area contributed by atoms with Crippen LogP contribution in [0.15, 0.2) is 59.4 Å². The van der Waals surface area contributed by atoms with Gasteiger partial charge in [0.1, 0.15) is 0 Å². The molecule has 0 saturated carbocycles. The number of aromatic nitrogens is 2. The molecule has 7 heteroatoms. The van der Waals surface area contributed by atoms with E-state index in [1.165, 1.54) is 4.68 Å². The molecule has 1 aliphatic rings. The number of likely N-dealkylation sites (tertiary alicyclic amines) is 1. The van der Waals surface area contributed by atoms with Gasteiger partial charge < -0.3 is 10.2 Å². The molecule has 160 valence electrons. The predicted octanol–water partition coefficient (Wildman–Crippen LogP) is 3.01. The third-order valence-corrected chi connectivity index (χ3v) is 5.67. The molecule has 0 unspecified atom stereocenters. The fourth-order valence-corrected chi connectivity index (χ4v) is 3.95. The lowest BCUT2D eigenvalue weighted by Crippen LogP contribution is -2.47. The summed E-state index contributed by atoms with van der Waals surface area (Å²) in [5.41, 5.74) is 0.743. The van der Waals surface area contributed by atoms with Gasteiger partial charge in [0.2, 0.25) is 0 Å². The SMILES string of the molecule is CC(C)n1nc(C(=O)N2CCC(NC(=O)c3ccccc3)CC2)c2ccccc2c1=O. The molecule has 2 heterocycles. The summed E-state index contributed by atoms with van der Waals surface area (Å²) in [6, 6.07) is 16.1. The van der Waals surface area contributed by atoms with Gasteiger partial charge in [-0.25, -0.2) is 4.68 Å². The van der Waals surface area contributed by atoms with Gasteiger partial charge in [-0.2, -0.15) is 5.10 Å². The standard InChI is InChI=1S/C24H26N4O3/c1-16(2)28-23(30)20-11-7-6-10-19(20)21(26-28)24(31)27-14-12-18(13-15-27)25-22(29)17-8-4-3-5-9-17/h3-11,16,18H,12-15H2,1-2H3,(H,25,29). The van der Waals surface area contributed by atoms with Crippen molar-refractivity contribution in [1.29, 1.82) is 0 Å². The molecule has 1 aliphatic heterocycles. The lowest BCUT2D eigenvalue weighted by atomic mass is 10.0. The number of hydrogen-bond acceptors (Lipinski definition) is 4. The van der Waals surface area contributed by atoms with Crippen molar-refractivity contribution >= 4 is 22.6 Å². The highest BCUT2D eigenvalue weighted by Gasteiger charge is 2.27. The van der Waals surface area contributed by atoms with Gasteiger partial charge in [0.05, 0.1) is 11.4 Å². The fraction of sp³-hybridized carbons (Fsp3) is 0.333. The highest BCUT2D eigenvalue weighted by atomic mass is 16.2. The average molecular weight is 418 g/mol. The van der Waals surface area contributed by atoms with Crippen molar-refractivity contribution in [2.24, 2.45) is 0 Å². The van der Waals surface area contributed by atoms with Crippen LogP contribution in [0.4, 0.5) is 0 Å². The van der Waals surface area contributed by atoms with E-state index in [1.54, 1.807) is 35.2 Å². The van der Waals surface area contributed by atoms with Crippen molar-refractivity contribution in [3.63, 3.8) is 0 Å². The Morgan fingerprint density at radius 2 is 1.58 bits per heavy atom. The Morgan fingerprint density at radius 3 is 2.23 bits per heavy atom. The molecule has 4 rings (SSSR count). The van der Waals surface area contributed by atoms with Gasteiger partial charge in [-0.05, 0) is 44.9 Å². The van der Waals surface area contributed by atoms with Gasteiger partial charge in [0.25, 0.3) is 17.4 Å². The van der Waals surface area contributed by atoms with E-state index >= 15 is 0 Å². The summed E-state index contributed by atoms with van der Waals surface area (Å²) in [5, 5.41) is 8.56. The average Bonchev–Trinajstić information content (AvgIpc) is 2.80. The summed E-state index contributed by atoms with van der Waals surface area (Å²) >= 11 is 0. The molecule has 2 aromatic carbocycles. The summed E-state index contributed by atoms with van der Waals surface area (Å²) < 4.78 is 1.38. The maximum absolute atomic E-state index is 13.3.